The number of nitrogens with one attached hydrogen (secondary N) is 2. The summed E-state index contributed by atoms with van der Waals surface area (Å²) in [4.78, 5) is 8.42. The van der Waals surface area contributed by atoms with Crippen LogP contribution in [0.15, 0.2) is 47.6 Å². The molecule has 0 spiro atoms. The number of rotatable bonds is 6. The van der Waals surface area contributed by atoms with Crippen LogP contribution < -0.4 is 10.0 Å². The molecule has 0 aliphatic heterocycles. The van der Waals surface area contributed by atoms with E-state index in [2.05, 4.69) is 40.8 Å². The van der Waals surface area contributed by atoms with Crippen LogP contribution >= 0.6 is 12.2 Å². The topological polar surface area (TPSA) is 84.0 Å². The number of hydrogen-bond acceptors (Lipinski definition) is 5. The summed E-state index contributed by atoms with van der Waals surface area (Å²) in [5, 5.41) is 3.27. The molecule has 6 nitrogen and oxygen atoms in total. The summed E-state index contributed by atoms with van der Waals surface area (Å²) < 4.78 is 27.0. The molecular weight excluding hydrogens is 344 g/mol. The Balaban J connectivity index is 2.15. The maximum atomic E-state index is 12.3. The van der Waals surface area contributed by atoms with Crippen molar-refractivity contribution in [3.05, 3.63) is 48.3 Å². The van der Waals surface area contributed by atoms with E-state index in [9.17, 15) is 8.42 Å². The van der Waals surface area contributed by atoms with Gasteiger partial charge in [-0.05, 0) is 38.5 Å². The summed E-state index contributed by atoms with van der Waals surface area (Å²) in [5.41, 5.74) is 0.648. The zero-order chi connectivity index (χ0) is 17.8. The van der Waals surface area contributed by atoms with Crippen molar-refractivity contribution in [3.8, 4) is 0 Å². The molecule has 0 radical (unpaired) electrons. The fourth-order valence-corrected chi connectivity index (χ4v) is 3.15. The lowest BCUT2D eigenvalue weighted by atomic mass is 10.0. The van der Waals surface area contributed by atoms with Gasteiger partial charge in [0, 0.05) is 23.5 Å². The predicted octanol–water partition coefficient (Wildman–Crippen LogP) is 2.73. The van der Waals surface area contributed by atoms with Crippen LogP contribution in [0.3, 0.4) is 0 Å². The van der Waals surface area contributed by atoms with Gasteiger partial charge in [0.25, 0.3) is 10.0 Å². The third-order valence-corrected chi connectivity index (χ3v) is 5.24. The number of aromatic nitrogens is 2. The molecule has 0 aliphatic carbocycles. The van der Waals surface area contributed by atoms with E-state index in [1.807, 2.05) is 0 Å². The van der Waals surface area contributed by atoms with Crippen LogP contribution in [-0.4, -0.2) is 28.9 Å². The lowest BCUT2D eigenvalue weighted by Crippen LogP contribution is -2.42. The van der Waals surface area contributed by atoms with Crippen molar-refractivity contribution in [1.82, 2.24) is 15.3 Å². The number of nitrogens with zero attached hydrogens (tertiary/aromatic N) is 2. The van der Waals surface area contributed by atoms with Gasteiger partial charge in [-0.25, -0.2) is 23.1 Å². The van der Waals surface area contributed by atoms with E-state index in [4.69, 9.17) is 12.2 Å². The fourth-order valence-electron chi connectivity index (χ4n) is 1.78. The largest absolute Gasteiger partial charge is 0.371 e. The molecule has 0 atom stereocenters. The first-order chi connectivity index (χ1) is 11.2. The highest BCUT2D eigenvalue weighted by Crippen LogP contribution is 2.15. The van der Waals surface area contributed by atoms with Gasteiger partial charge in [-0.15, -0.1) is 0 Å². The van der Waals surface area contributed by atoms with Gasteiger partial charge in [0.1, 0.15) is 4.99 Å². The summed E-state index contributed by atoms with van der Waals surface area (Å²) in [7, 11) is -3.73. The fraction of sp³-hybridized carbons (Fsp3) is 0.312. The minimum absolute atomic E-state index is 0.0310. The minimum atomic E-state index is -3.73. The van der Waals surface area contributed by atoms with Gasteiger partial charge in [0.15, 0.2) is 0 Å². The van der Waals surface area contributed by atoms with E-state index in [0.717, 1.165) is 12.0 Å². The molecule has 0 amide bonds. The summed E-state index contributed by atoms with van der Waals surface area (Å²) in [6.45, 7) is 6.19. The smallest absolute Gasteiger partial charge is 0.264 e. The standard InChI is InChI=1S/C16H20N4O2S2/c1-4-16(2,3)19-14(23)12-6-8-13(9-7-12)24(21,22)20-15-17-10-5-11-18-15/h5-11H,4H2,1-3H3,(H,19,23)(H,17,18,20). The van der Waals surface area contributed by atoms with Crippen LogP contribution in [0.1, 0.15) is 32.8 Å². The number of anilines is 1. The molecule has 1 aromatic carbocycles. The Morgan fingerprint density at radius 3 is 2.29 bits per heavy atom. The van der Waals surface area contributed by atoms with Gasteiger partial charge in [-0.2, -0.15) is 0 Å². The molecule has 128 valence electrons. The second-order valence-electron chi connectivity index (χ2n) is 5.89. The molecule has 2 rings (SSSR count). The van der Waals surface area contributed by atoms with Crippen molar-refractivity contribution in [2.24, 2.45) is 0 Å². The van der Waals surface area contributed by atoms with E-state index in [0.29, 0.717) is 4.99 Å². The molecule has 0 aliphatic rings. The second-order valence-corrected chi connectivity index (χ2v) is 7.98. The van der Waals surface area contributed by atoms with Gasteiger partial charge >= 0.3 is 0 Å². The van der Waals surface area contributed by atoms with Crippen molar-refractivity contribution in [2.45, 2.75) is 37.6 Å². The molecule has 2 aromatic rings. The minimum Gasteiger partial charge on any atom is -0.371 e. The molecule has 1 heterocycles. The van der Waals surface area contributed by atoms with Crippen LogP contribution in [0, 0.1) is 0 Å². The van der Waals surface area contributed by atoms with Crippen molar-refractivity contribution < 1.29 is 8.42 Å². The van der Waals surface area contributed by atoms with E-state index < -0.39 is 10.0 Å². The van der Waals surface area contributed by atoms with Gasteiger partial charge in [0.05, 0.1) is 4.90 Å². The molecule has 0 fully saturated rings. The highest BCUT2D eigenvalue weighted by molar-refractivity contribution is 7.92. The van der Waals surface area contributed by atoms with Crippen LogP contribution in [0.4, 0.5) is 5.95 Å². The first-order valence-corrected chi connectivity index (χ1v) is 9.35. The monoisotopic (exact) mass is 364 g/mol. The van der Waals surface area contributed by atoms with E-state index in [1.165, 1.54) is 24.5 Å². The van der Waals surface area contributed by atoms with Crippen molar-refractivity contribution in [3.63, 3.8) is 0 Å². The van der Waals surface area contributed by atoms with E-state index in [1.54, 1.807) is 18.2 Å². The Hall–Kier alpha value is -2.06. The van der Waals surface area contributed by atoms with E-state index in [-0.39, 0.29) is 16.4 Å². The quantitative estimate of drug-likeness (QED) is 0.767. The Morgan fingerprint density at radius 1 is 1.17 bits per heavy atom. The van der Waals surface area contributed by atoms with Gasteiger partial charge in [-0.3, -0.25) is 0 Å². The zero-order valence-corrected chi connectivity index (χ0v) is 15.4. The first kappa shape index (κ1) is 18.3. The number of benzene rings is 1. The lowest BCUT2D eigenvalue weighted by molar-refractivity contribution is 0.448. The van der Waals surface area contributed by atoms with Crippen molar-refractivity contribution in [1.29, 1.82) is 0 Å². The third kappa shape index (κ3) is 4.72. The summed E-state index contributed by atoms with van der Waals surface area (Å²) in [6.07, 6.45) is 3.85. The van der Waals surface area contributed by atoms with Crippen LogP contribution in [0.2, 0.25) is 0 Å². The number of thiocarbonyl (C=S) groups is 1. The molecule has 2 N–H and O–H groups in total. The summed E-state index contributed by atoms with van der Waals surface area (Å²) in [6, 6.07) is 7.99. The molecule has 1 aromatic heterocycles. The molecular formula is C16H20N4O2S2. The Morgan fingerprint density at radius 2 is 1.75 bits per heavy atom. The van der Waals surface area contributed by atoms with E-state index >= 15 is 0 Å². The molecule has 0 unspecified atom stereocenters. The molecule has 24 heavy (non-hydrogen) atoms. The average molecular weight is 364 g/mol. The maximum absolute atomic E-state index is 12.3. The maximum Gasteiger partial charge on any atom is 0.264 e. The Labute approximate surface area is 147 Å². The Kier molecular flexibility index (Phi) is 5.51. The predicted molar refractivity (Wildman–Crippen MR) is 98.5 cm³/mol. The molecule has 0 bridgehead atoms. The lowest BCUT2D eigenvalue weighted by Gasteiger charge is -2.26. The molecule has 0 saturated carbocycles. The van der Waals surface area contributed by atoms with Crippen LogP contribution in [0.25, 0.3) is 0 Å². The third-order valence-electron chi connectivity index (χ3n) is 3.55. The van der Waals surface area contributed by atoms with Gasteiger partial charge < -0.3 is 5.32 Å². The zero-order valence-electron chi connectivity index (χ0n) is 13.8. The molecule has 0 saturated heterocycles. The van der Waals surface area contributed by atoms with Gasteiger partial charge in [-0.1, -0.05) is 31.3 Å². The summed E-state index contributed by atoms with van der Waals surface area (Å²) >= 11 is 5.38. The highest BCUT2D eigenvalue weighted by atomic mass is 32.2. The van der Waals surface area contributed by atoms with Crippen molar-refractivity contribution in [2.75, 3.05) is 4.72 Å². The SMILES string of the molecule is CCC(C)(C)NC(=S)c1ccc(S(=O)(=O)Nc2ncccn2)cc1. The van der Waals surface area contributed by atoms with Gasteiger partial charge in [0.2, 0.25) is 5.95 Å². The first-order valence-electron chi connectivity index (χ1n) is 7.46. The van der Waals surface area contributed by atoms with Crippen LogP contribution in [0.5, 0.6) is 0 Å². The highest BCUT2D eigenvalue weighted by Gasteiger charge is 2.18. The molecule has 8 heteroatoms. The normalized spacial score (nSPS) is 11.8. The number of sulfonamides is 1. The van der Waals surface area contributed by atoms with Crippen LogP contribution in [-0.2, 0) is 10.0 Å². The Bertz CT molecular complexity index is 804. The second kappa shape index (κ2) is 7.23. The average Bonchev–Trinajstić information content (AvgIpc) is 2.55. The summed E-state index contributed by atoms with van der Waals surface area (Å²) in [5.74, 6) is 0.0310. The number of hydrogen-bond donors (Lipinski definition) is 2. The van der Waals surface area contributed by atoms with Crippen molar-refractivity contribution >= 4 is 33.2 Å².